The van der Waals surface area contributed by atoms with Gasteiger partial charge in [-0.15, -0.1) is 5.10 Å². The summed E-state index contributed by atoms with van der Waals surface area (Å²) in [6.07, 6.45) is 4.34. The Balaban J connectivity index is 1.96. The molecular formula is C13H11F2N5O. The number of hydrogen-bond donors (Lipinski definition) is 1. The first-order valence-corrected chi connectivity index (χ1v) is 6.16. The highest BCUT2D eigenvalue weighted by Crippen LogP contribution is 2.17. The van der Waals surface area contributed by atoms with Crippen LogP contribution in [0.2, 0.25) is 0 Å². The average Bonchev–Trinajstić information content (AvgIpc) is 2.78. The van der Waals surface area contributed by atoms with Crippen LogP contribution >= 0.6 is 0 Å². The molecule has 21 heavy (non-hydrogen) atoms. The van der Waals surface area contributed by atoms with Gasteiger partial charge in [-0.1, -0.05) is 0 Å². The zero-order valence-corrected chi connectivity index (χ0v) is 10.8. The molecule has 108 valence electrons. The number of nitrogens with two attached hydrogens (primary N) is 1. The van der Waals surface area contributed by atoms with Gasteiger partial charge in [0.2, 0.25) is 0 Å². The smallest absolute Gasteiger partial charge is 0.322 e. The third kappa shape index (κ3) is 2.40. The largest absolute Gasteiger partial charge is 0.350 e. The Morgan fingerprint density at radius 3 is 2.90 bits per heavy atom. The Labute approximate surface area is 117 Å². The molecule has 0 spiro atoms. The molecule has 8 heteroatoms. The summed E-state index contributed by atoms with van der Waals surface area (Å²) in [6.45, 7) is -0.0686. The predicted octanol–water partition coefficient (Wildman–Crippen LogP) is 0.869. The lowest BCUT2D eigenvalue weighted by atomic mass is 10.1. The van der Waals surface area contributed by atoms with Crippen molar-refractivity contribution in [2.75, 3.05) is 0 Å². The Bertz CT molecular complexity index is 857. The molecule has 3 aromatic rings. The van der Waals surface area contributed by atoms with E-state index in [4.69, 9.17) is 5.73 Å². The molecule has 0 bridgehead atoms. The fourth-order valence-corrected chi connectivity index (χ4v) is 2.08. The topological polar surface area (TPSA) is 78.2 Å². The second-order valence-corrected chi connectivity index (χ2v) is 4.54. The van der Waals surface area contributed by atoms with Crippen molar-refractivity contribution < 1.29 is 8.78 Å². The van der Waals surface area contributed by atoms with E-state index in [0.717, 1.165) is 22.9 Å². The van der Waals surface area contributed by atoms with Crippen molar-refractivity contribution in [2.24, 2.45) is 5.73 Å². The van der Waals surface area contributed by atoms with Crippen LogP contribution in [-0.2, 0) is 6.54 Å². The van der Waals surface area contributed by atoms with Gasteiger partial charge < -0.3 is 5.73 Å². The Morgan fingerprint density at radius 1 is 1.33 bits per heavy atom. The van der Waals surface area contributed by atoms with E-state index in [0.29, 0.717) is 5.65 Å². The minimum atomic E-state index is -0.892. The fourth-order valence-electron chi connectivity index (χ4n) is 2.08. The molecule has 6 nitrogen and oxygen atoms in total. The van der Waals surface area contributed by atoms with Crippen LogP contribution in [-0.4, -0.2) is 19.2 Å². The lowest BCUT2D eigenvalue weighted by Gasteiger charge is -2.12. The van der Waals surface area contributed by atoms with Crippen LogP contribution in [0, 0.1) is 11.6 Å². The molecule has 0 amide bonds. The van der Waals surface area contributed by atoms with Crippen molar-refractivity contribution in [1.29, 1.82) is 0 Å². The van der Waals surface area contributed by atoms with E-state index < -0.39 is 23.4 Å². The summed E-state index contributed by atoms with van der Waals surface area (Å²) in [7, 11) is 0. The molecule has 1 unspecified atom stereocenters. The molecule has 3 rings (SSSR count). The first-order chi connectivity index (χ1) is 10.1. The maximum absolute atomic E-state index is 13.7. The highest BCUT2D eigenvalue weighted by molar-refractivity contribution is 5.32. The number of hydrogen-bond acceptors (Lipinski definition) is 4. The van der Waals surface area contributed by atoms with Gasteiger partial charge in [0, 0.05) is 18.0 Å². The monoisotopic (exact) mass is 291 g/mol. The van der Waals surface area contributed by atoms with Crippen molar-refractivity contribution >= 4 is 5.65 Å². The Morgan fingerprint density at radius 2 is 2.14 bits per heavy atom. The van der Waals surface area contributed by atoms with E-state index in [1.54, 1.807) is 0 Å². The van der Waals surface area contributed by atoms with Gasteiger partial charge in [-0.05, 0) is 18.2 Å². The third-order valence-corrected chi connectivity index (χ3v) is 3.12. The lowest BCUT2D eigenvalue weighted by molar-refractivity contribution is 0.486. The Hall–Kier alpha value is -2.61. The van der Waals surface area contributed by atoms with Crippen molar-refractivity contribution in [1.82, 2.24) is 19.2 Å². The molecule has 0 saturated carbocycles. The predicted molar refractivity (Wildman–Crippen MR) is 70.5 cm³/mol. The van der Waals surface area contributed by atoms with Crippen LogP contribution in [0.1, 0.15) is 11.6 Å². The number of halogens is 2. The van der Waals surface area contributed by atoms with Gasteiger partial charge in [0.05, 0.1) is 18.8 Å². The average molecular weight is 291 g/mol. The molecule has 2 N–H and O–H groups in total. The van der Waals surface area contributed by atoms with Gasteiger partial charge in [0.15, 0.2) is 5.65 Å². The minimum absolute atomic E-state index is 0.00270. The molecule has 0 aliphatic carbocycles. The first kappa shape index (κ1) is 13.4. The summed E-state index contributed by atoms with van der Waals surface area (Å²) in [6, 6.07) is 2.13. The lowest BCUT2D eigenvalue weighted by Crippen LogP contribution is -2.28. The normalized spacial score (nSPS) is 12.7. The van der Waals surface area contributed by atoms with Crippen LogP contribution in [0.3, 0.4) is 0 Å². The van der Waals surface area contributed by atoms with Crippen molar-refractivity contribution in [3.05, 3.63) is 64.5 Å². The molecule has 1 aromatic carbocycles. The van der Waals surface area contributed by atoms with Crippen molar-refractivity contribution in [3.63, 3.8) is 0 Å². The maximum atomic E-state index is 13.7. The standard InChI is InChI=1S/C13H11F2N5O/c14-8-1-2-10(15)9(5-8)11(16)7-20-13(21)19-4-3-17-6-12(19)18-20/h1-6,11H,7,16H2. The number of rotatable bonds is 3. The van der Waals surface area contributed by atoms with Gasteiger partial charge in [-0.25, -0.2) is 22.7 Å². The van der Waals surface area contributed by atoms with E-state index >= 15 is 0 Å². The Kier molecular flexibility index (Phi) is 3.22. The second-order valence-electron chi connectivity index (χ2n) is 4.54. The van der Waals surface area contributed by atoms with Crippen LogP contribution in [0.25, 0.3) is 5.65 Å². The zero-order chi connectivity index (χ0) is 15.0. The van der Waals surface area contributed by atoms with E-state index in [1.165, 1.54) is 23.0 Å². The molecule has 0 saturated heterocycles. The van der Waals surface area contributed by atoms with E-state index in [-0.39, 0.29) is 12.1 Å². The molecule has 1 atom stereocenters. The summed E-state index contributed by atoms with van der Waals surface area (Å²) in [4.78, 5) is 15.9. The van der Waals surface area contributed by atoms with Crippen molar-refractivity contribution in [3.8, 4) is 0 Å². The van der Waals surface area contributed by atoms with Gasteiger partial charge in [0.1, 0.15) is 11.6 Å². The number of aromatic nitrogens is 4. The summed E-state index contributed by atoms with van der Waals surface area (Å²) < 4.78 is 29.2. The molecule has 0 fully saturated rings. The maximum Gasteiger partial charge on any atom is 0.350 e. The van der Waals surface area contributed by atoms with E-state index in [2.05, 4.69) is 10.1 Å². The van der Waals surface area contributed by atoms with Crippen LogP contribution in [0.15, 0.2) is 41.6 Å². The molecule has 0 aliphatic heterocycles. The van der Waals surface area contributed by atoms with Gasteiger partial charge in [-0.2, -0.15) is 0 Å². The van der Waals surface area contributed by atoms with E-state index in [1.807, 2.05) is 0 Å². The second kappa shape index (κ2) is 5.06. The van der Waals surface area contributed by atoms with Crippen molar-refractivity contribution in [2.45, 2.75) is 12.6 Å². The highest BCUT2D eigenvalue weighted by Gasteiger charge is 2.16. The summed E-state index contributed by atoms with van der Waals surface area (Å²) in [5.74, 6) is -1.21. The number of benzene rings is 1. The summed E-state index contributed by atoms with van der Waals surface area (Å²) >= 11 is 0. The molecule has 0 aliphatic rings. The quantitative estimate of drug-likeness (QED) is 0.776. The molecular weight excluding hydrogens is 280 g/mol. The van der Waals surface area contributed by atoms with Crippen LogP contribution in [0.4, 0.5) is 8.78 Å². The molecule has 2 heterocycles. The third-order valence-electron chi connectivity index (χ3n) is 3.12. The SMILES string of the molecule is NC(Cn1nc2cnccn2c1=O)c1cc(F)ccc1F. The first-order valence-electron chi connectivity index (χ1n) is 6.16. The number of fused-ring (bicyclic) bond motifs is 1. The molecule has 2 aromatic heterocycles. The minimum Gasteiger partial charge on any atom is -0.322 e. The van der Waals surface area contributed by atoms with Gasteiger partial charge >= 0.3 is 5.69 Å². The summed E-state index contributed by atoms with van der Waals surface area (Å²) in [5.41, 5.74) is 5.79. The number of nitrogens with zero attached hydrogens (tertiary/aromatic N) is 4. The van der Waals surface area contributed by atoms with E-state index in [9.17, 15) is 13.6 Å². The highest BCUT2D eigenvalue weighted by atomic mass is 19.1. The molecule has 0 radical (unpaired) electrons. The van der Waals surface area contributed by atoms with Crippen LogP contribution in [0.5, 0.6) is 0 Å². The fraction of sp³-hybridized carbons (Fsp3) is 0.154. The van der Waals surface area contributed by atoms with Gasteiger partial charge in [-0.3, -0.25) is 4.98 Å². The van der Waals surface area contributed by atoms with Crippen LogP contribution < -0.4 is 11.4 Å². The summed E-state index contributed by atoms with van der Waals surface area (Å²) in [5, 5.41) is 4.04. The van der Waals surface area contributed by atoms with Gasteiger partial charge in [0.25, 0.3) is 0 Å². The zero-order valence-electron chi connectivity index (χ0n) is 10.8.